The summed E-state index contributed by atoms with van der Waals surface area (Å²) in [6.45, 7) is 7.55. The van der Waals surface area contributed by atoms with Gasteiger partial charge in [-0.15, -0.1) is 0 Å². The number of carbonyl (C=O) groups is 3. The summed E-state index contributed by atoms with van der Waals surface area (Å²) in [6.07, 6.45) is 3.03. The number of unbranched alkanes of at least 4 members (excludes halogenated alkanes) is 1. The van der Waals surface area contributed by atoms with Crippen molar-refractivity contribution in [2.45, 2.75) is 51.4 Å². The zero-order valence-electron chi connectivity index (χ0n) is 15.9. The molecule has 0 N–H and O–H groups in total. The second-order valence-corrected chi connectivity index (χ2v) is 6.60. The minimum absolute atomic E-state index is 0.0779. The van der Waals surface area contributed by atoms with Crippen LogP contribution in [0.3, 0.4) is 0 Å². The molecule has 6 nitrogen and oxygen atoms in total. The molecule has 0 amide bonds. The summed E-state index contributed by atoms with van der Waals surface area (Å²) in [4.78, 5) is 35.7. The molecule has 0 saturated carbocycles. The Kier molecular flexibility index (Phi) is 8.72. The van der Waals surface area contributed by atoms with Crippen molar-refractivity contribution in [3.8, 4) is 0 Å². The minimum Gasteiger partial charge on any atom is -0.549 e. The highest BCUT2D eigenvalue weighted by Crippen LogP contribution is 2.35. The van der Waals surface area contributed by atoms with Crippen molar-refractivity contribution in [3.05, 3.63) is 48.0 Å². The summed E-state index contributed by atoms with van der Waals surface area (Å²) >= 11 is 0. The fraction of sp³-hybridized carbons (Fsp3) is 0.476. The number of carboxylic acids is 2. The molecule has 1 rings (SSSR count). The molecule has 0 aliphatic rings. The SMILES string of the molecule is C=C(C(=O)[O-])C(CC(=O)OCC(CC)CCCC)(C(=O)[O-])c1ccccc1. The van der Waals surface area contributed by atoms with E-state index in [1.807, 2.05) is 6.92 Å². The third kappa shape index (κ3) is 5.67. The Morgan fingerprint density at radius 3 is 2.26 bits per heavy atom. The molecule has 6 heteroatoms. The predicted molar refractivity (Wildman–Crippen MR) is 96.2 cm³/mol. The van der Waals surface area contributed by atoms with Gasteiger partial charge in [0.25, 0.3) is 0 Å². The molecule has 0 aliphatic heterocycles. The van der Waals surface area contributed by atoms with E-state index >= 15 is 0 Å². The van der Waals surface area contributed by atoms with Gasteiger partial charge in [0.05, 0.1) is 30.4 Å². The highest BCUT2D eigenvalue weighted by atomic mass is 16.5. The fourth-order valence-corrected chi connectivity index (χ4v) is 2.97. The third-order valence-electron chi connectivity index (χ3n) is 4.81. The number of hydrogen-bond acceptors (Lipinski definition) is 6. The number of esters is 1. The van der Waals surface area contributed by atoms with Gasteiger partial charge < -0.3 is 24.5 Å². The van der Waals surface area contributed by atoms with Crippen LogP contribution in [0, 0.1) is 5.92 Å². The molecule has 27 heavy (non-hydrogen) atoms. The maximum Gasteiger partial charge on any atom is 0.307 e. The molecular weight excluding hydrogens is 348 g/mol. The third-order valence-corrected chi connectivity index (χ3v) is 4.81. The largest absolute Gasteiger partial charge is 0.549 e. The van der Waals surface area contributed by atoms with Crippen molar-refractivity contribution in [1.82, 2.24) is 0 Å². The van der Waals surface area contributed by atoms with Crippen molar-refractivity contribution >= 4 is 17.9 Å². The van der Waals surface area contributed by atoms with Crippen molar-refractivity contribution in [2.75, 3.05) is 6.61 Å². The number of ether oxygens (including phenoxy) is 1. The number of carboxylic acid groups (broad SMARTS) is 2. The van der Waals surface area contributed by atoms with Gasteiger partial charge in [0, 0.05) is 0 Å². The standard InChI is InChI=1S/C21H28O6/c1-4-6-10-16(5-2)14-27-18(22)13-21(20(25)26,15(3)19(23)24)17-11-8-7-9-12-17/h7-9,11-12,16H,3-6,10,13-14H2,1-2H3,(H,23,24)(H,25,26)/p-2. The molecule has 0 radical (unpaired) electrons. The summed E-state index contributed by atoms with van der Waals surface area (Å²) in [5.41, 5.74) is -2.92. The van der Waals surface area contributed by atoms with Crippen LogP contribution in [-0.4, -0.2) is 24.5 Å². The lowest BCUT2D eigenvalue weighted by Gasteiger charge is -2.37. The van der Waals surface area contributed by atoms with Gasteiger partial charge in [-0.25, -0.2) is 0 Å². The summed E-state index contributed by atoms with van der Waals surface area (Å²) in [6, 6.07) is 7.54. The number of rotatable bonds is 12. The van der Waals surface area contributed by atoms with Crippen molar-refractivity contribution in [3.63, 3.8) is 0 Å². The monoisotopic (exact) mass is 374 g/mol. The van der Waals surface area contributed by atoms with E-state index < -0.39 is 35.3 Å². The number of aliphatic carboxylic acids is 2. The Labute approximate surface area is 159 Å². The van der Waals surface area contributed by atoms with Gasteiger partial charge in [0.15, 0.2) is 0 Å². The van der Waals surface area contributed by atoms with E-state index in [4.69, 9.17) is 4.74 Å². The van der Waals surface area contributed by atoms with Gasteiger partial charge >= 0.3 is 5.97 Å². The highest BCUT2D eigenvalue weighted by Gasteiger charge is 2.40. The van der Waals surface area contributed by atoms with Crippen LogP contribution in [0.15, 0.2) is 42.5 Å². The Hall–Kier alpha value is -2.63. The van der Waals surface area contributed by atoms with Gasteiger partial charge in [0.2, 0.25) is 0 Å². The summed E-state index contributed by atoms with van der Waals surface area (Å²) in [5, 5.41) is 23.4. The molecule has 0 saturated heterocycles. The molecule has 148 valence electrons. The molecule has 0 bridgehead atoms. The van der Waals surface area contributed by atoms with Crippen LogP contribution >= 0.6 is 0 Å². The van der Waals surface area contributed by atoms with E-state index in [9.17, 15) is 24.6 Å². The first-order chi connectivity index (χ1) is 12.8. The Bertz CT molecular complexity index is 667. The second-order valence-electron chi connectivity index (χ2n) is 6.60. The molecule has 0 spiro atoms. The zero-order chi connectivity index (χ0) is 20.4. The van der Waals surface area contributed by atoms with E-state index in [1.54, 1.807) is 18.2 Å². The summed E-state index contributed by atoms with van der Waals surface area (Å²) in [5.74, 6) is -4.14. The molecule has 0 heterocycles. The van der Waals surface area contributed by atoms with E-state index in [-0.39, 0.29) is 18.1 Å². The molecule has 0 aliphatic carbocycles. The van der Waals surface area contributed by atoms with Gasteiger partial charge in [-0.2, -0.15) is 0 Å². The molecule has 0 aromatic heterocycles. The molecule has 2 unspecified atom stereocenters. The second kappa shape index (κ2) is 10.5. The average Bonchev–Trinajstić information content (AvgIpc) is 2.66. The lowest BCUT2D eigenvalue weighted by molar-refractivity contribution is -0.317. The van der Waals surface area contributed by atoms with Crippen LogP contribution in [0.1, 0.15) is 51.5 Å². The molecule has 2 atom stereocenters. The van der Waals surface area contributed by atoms with Crippen LogP contribution < -0.4 is 10.2 Å². The quantitative estimate of drug-likeness (QED) is 0.401. The first kappa shape index (κ1) is 22.4. The van der Waals surface area contributed by atoms with Gasteiger partial charge in [0.1, 0.15) is 0 Å². The van der Waals surface area contributed by atoms with Gasteiger partial charge in [-0.3, -0.25) is 4.79 Å². The lowest BCUT2D eigenvalue weighted by atomic mass is 9.72. The number of benzene rings is 1. The van der Waals surface area contributed by atoms with E-state index in [0.29, 0.717) is 0 Å². The van der Waals surface area contributed by atoms with Crippen LogP contribution in [0.5, 0.6) is 0 Å². The van der Waals surface area contributed by atoms with Gasteiger partial charge in [-0.1, -0.05) is 70.0 Å². The predicted octanol–water partition coefficient (Wildman–Crippen LogP) is 1.13. The van der Waals surface area contributed by atoms with E-state index in [0.717, 1.165) is 25.7 Å². The maximum atomic E-state index is 12.4. The van der Waals surface area contributed by atoms with E-state index in [2.05, 4.69) is 13.5 Å². The first-order valence-corrected chi connectivity index (χ1v) is 9.12. The highest BCUT2D eigenvalue weighted by molar-refractivity contribution is 6.01. The Morgan fingerprint density at radius 1 is 1.15 bits per heavy atom. The van der Waals surface area contributed by atoms with Gasteiger partial charge in [-0.05, 0) is 23.5 Å². The topological polar surface area (TPSA) is 107 Å². The minimum atomic E-state index is -2.25. The first-order valence-electron chi connectivity index (χ1n) is 9.12. The van der Waals surface area contributed by atoms with Crippen molar-refractivity contribution in [2.24, 2.45) is 5.92 Å². The Balaban J connectivity index is 3.07. The molecule has 0 fully saturated rings. The summed E-state index contributed by atoms with van der Waals surface area (Å²) in [7, 11) is 0. The number of carbonyl (C=O) groups excluding carboxylic acids is 3. The average molecular weight is 374 g/mol. The zero-order valence-corrected chi connectivity index (χ0v) is 15.9. The van der Waals surface area contributed by atoms with E-state index in [1.165, 1.54) is 12.1 Å². The fourth-order valence-electron chi connectivity index (χ4n) is 2.97. The van der Waals surface area contributed by atoms with Crippen LogP contribution in [0.4, 0.5) is 0 Å². The lowest BCUT2D eigenvalue weighted by Crippen LogP contribution is -2.52. The smallest absolute Gasteiger partial charge is 0.307 e. The van der Waals surface area contributed by atoms with Crippen LogP contribution in [0.2, 0.25) is 0 Å². The molecule has 1 aromatic carbocycles. The molecule has 1 aromatic rings. The normalized spacial score (nSPS) is 14.0. The number of hydrogen-bond donors (Lipinski definition) is 0. The van der Waals surface area contributed by atoms with Crippen LogP contribution in [0.25, 0.3) is 0 Å². The van der Waals surface area contributed by atoms with Crippen LogP contribution in [-0.2, 0) is 24.5 Å². The van der Waals surface area contributed by atoms with Crippen molar-refractivity contribution in [1.29, 1.82) is 0 Å². The maximum absolute atomic E-state index is 12.4. The van der Waals surface area contributed by atoms with Crippen molar-refractivity contribution < 1.29 is 29.3 Å². The Morgan fingerprint density at radius 2 is 1.78 bits per heavy atom. The molecular formula is C21H26O6-2. The summed E-state index contributed by atoms with van der Waals surface area (Å²) < 4.78 is 5.26.